The van der Waals surface area contributed by atoms with Crippen molar-refractivity contribution in [3.05, 3.63) is 91.8 Å². The fraction of sp³-hybridized carbons (Fsp3) is 0.269. The Bertz CT molecular complexity index is 1470. The summed E-state index contributed by atoms with van der Waals surface area (Å²) in [6.45, 7) is 0.274. The van der Waals surface area contributed by atoms with E-state index in [1.165, 1.54) is 23.3 Å². The van der Waals surface area contributed by atoms with Crippen LogP contribution in [0, 0.1) is 6.92 Å². The molecule has 11 heteroatoms. The summed E-state index contributed by atoms with van der Waals surface area (Å²) in [6.07, 6.45) is 1.26. The van der Waals surface area contributed by atoms with E-state index in [2.05, 4.69) is 22.4 Å². The number of carbonyl (C=O) groups excluding carboxylic acids is 2. The molecule has 1 aliphatic rings. The Balaban J connectivity index is 1.32. The monoisotopic (exact) mass is 506 g/mol. The number of nitrogens with zero attached hydrogens (tertiary/aromatic N) is 2. The molecule has 1 aromatic heterocycles. The lowest BCUT2D eigenvalue weighted by atomic mass is 10.0. The van der Waals surface area contributed by atoms with Crippen LogP contribution in [0.4, 0.5) is 4.79 Å². The molecular weight excluding hydrogens is 480 g/mol. The number of carbonyl (C=O) groups is 3. The Labute approximate surface area is 211 Å². The van der Waals surface area contributed by atoms with Gasteiger partial charge in [-0.25, -0.2) is 9.59 Å². The van der Waals surface area contributed by atoms with Crippen molar-refractivity contribution in [1.29, 1.82) is 0 Å². The van der Waals surface area contributed by atoms with Crippen molar-refractivity contribution in [3.8, 4) is 11.1 Å². The summed E-state index contributed by atoms with van der Waals surface area (Å²) >= 11 is 0. The molecule has 0 saturated carbocycles. The highest BCUT2D eigenvalue weighted by Crippen LogP contribution is 2.38. The summed E-state index contributed by atoms with van der Waals surface area (Å²) in [5.74, 6) is -1.91. The molecule has 3 aromatic rings. The van der Waals surface area contributed by atoms with Crippen LogP contribution in [0.1, 0.15) is 22.3 Å². The summed E-state index contributed by atoms with van der Waals surface area (Å²) in [6, 6.07) is 13.9. The molecule has 0 radical (unpaired) electrons. The smallest absolute Gasteiger partial charge is 0.407 e. The summed E-state index contributed by atoms with van der Waals surface area (Å²) in [5, 5.41) is 11.5. The number of nitrogens with one attached hydrogen (secondary N) is 2. The number of carboxylic acid groups (broad SMARTS) is 1. The van der Waals surface area contributed by atoms with Crippen molar-refractivity contribution in [2.45, 2.75) is 26.5 Å². The van der Waals surface area contributed by atoms with E-state index in [9.17, 15) is 29.1 Å². The zero-order chi connectivity index (χ0) is 26.5. The van der Waals surface area contributed by atoms with Crippen molar-refractivity contribution in [2.75, 3.05) is 19.6 Å². The second-order valence-corrected chi connectivity index (χ2v) is 8.68. The Morgan fingerprint density at radius 1 is 1.11 bits per heavy atom. The Kier molecular flexibility index (Phi) is 7.52. The number of H-pyrrole nitrogens is 1. The maximum atomic E-state index is 12.6. The predicted molar refractivity (Wildman–Crippen MR) is 133 cm³/mol. The number of fused-ring (bicyclic) bond motifs is 3. The van der Waals surface area contributed by atoms with Crippen LogP contribution in [-0.4, -0.2) is 57.2 Å². The van der Waals surface area contributed by atoms with Gasteiger partial charge in [0.1, 0.15) is 19.7 Å². The van der Waals surface area contributed by atoms with Gasteiger partial charge in [0, 0.05) is 24.8 Å². The van der Waals surface area contributed by atoms with Gasteiger partial charge < -0.3 is 20.1 Å². The van der Waals surface area contributed by atoms with Gasteiger partial charge in [-0.2, -0.15) is 0 Å². The van der Waals surface area contributed by atoms with Gasteiger partial charge in [0.05, 0.1) is 0 Å². The first-order chi connectivity index (χ1) is 17.7. The number of aromatic amines is 1. The van der Waals surface area contributed by atoms with Gasteiger partial charge in [0.2, 0.25) is 5.91 Å². The number of benzene rings is 2. The van der Waals surface area contributed by atoms with Crippen LogP contribution < -0.4 is 16.6 Å². The zero-order valence-corrected chi connectivity index (χ0v) is 20.2. The molecule has 4 rings (SSSR count). The third-order valence-corrected chi connectivity index (χ3v) is 6.17. The molecule has 3 N–H and O–H groups in total. The van der Waals surface area contributed by atoms with Gasteiger partial charge in [-0.05, 0) is 41.2 Å². The van der Waals surface area contributed by atoms with E-state index in [1.807, 2.05) is 30.3 Å². The standard InChI is InChI=1S/C26H26N4O7/c1-16-13-30(25(35)28-24(16)34)10-9-29(14-23(32)33)22(31)12-27-26(36)37-15-18-6-4-8-20-19-7-3-2-5-17(19)11-21(18)20/h2-8,13H,9-12,14-15H2,1H3,(H,27,36)(H,32,33)(H,28,34,35). The highest BCUT2D eigenvalue weighted by Gasteiger charge is 2.22. The number of carboxylic acids is 1. The number of amides is 2. The van der Waals surface area contributed by atoms with Crippen molar-refractivity contribution < 1.29 is 24.2 Å². The summed E-state index contributed by atoms with van der Waals surface area (Å²) in [5.41, 5.74) is 4.53. The van der Waals surface area contributed by atoms with Gasteiger partial charge in [-0.1, -0.05) is 42.5 Å². The quantitative estimate of drug-likeness (QED) is 0.309. The number of aromatic nitrogens is 2. The normalized spacial score (nSPS) is 11.4. The molecule has 192 valence electrons. The van der Waals surface area contributed by atoms with E-state index in [-0.39, 0.29) is 19.7 Å². The first-order valence-corrected chi connectivity index (χ1v) is 11.6. The second-order valence-electron chi connectivity index (χ2n) is 8.68. The molecule has 0 fully saturated rings. The highest BCUT2D eigenvalue weighted by molar-refractivity contribution is 5.85. The second kappa shape index (κ2) is 10.9. The first-order valence-electron chi connectivity index (χ1n) is 11.6. The zero-order valence-electron chi connectivity index (χ0n) is 20.2. The van der Waals surface area contributed by atoms with Crippen LogP contribution in [0.5, 0.6) is 0 Å². The van der Waals surface area contributed by atoms with Gasteiger partial charge in [0.25, 0.3) is 5.56 Å². The minimum atomic E-state index is -1.25. The summed E-state index contributed by atoms with van der Waals surface area (Å²) in [7, 11) is 0. The molecule has 0 saturated heterocycles. The molecule has 0 atom stereocenters. The van der Waals surface area contributed by atoms with Crippen LogP contribution in [0.3, 0.4) is 0 Å². The van der Waals surface area contributed by atoms with Crippen molar-refractivity contribution in [1.82, 2.24) is 19.8 Å². The van der Waals surface area contributed by atoms with Gasteiger partial charge in [-0.3, -0.25) is 23.9 Å². The molecule has 0 aliphatic heterocycles. The first kappa shape index (κ1) is 25.4. The Morgan fingerprint density at radius 3 is 2.65 bits per heavy atom. The number of ether oxygens (including phenoxy) is 1. The third-order valence-electron chi connectivity index (χ3n) is 6.17. The van der Waals surface area contributed by atoms with E-state index in [4.69, 9.17) is 4.74 Å². The predicted octanol–water partition coefficient (Wildman–Crippen LogP) is 1.26. The lowest BCUT2D eigenvalue weighted by molar-refractivity contribution is -0.144. The molecule has 0 spiro atoms. The minimum Gasteiger partial charge on any atom is -0.480 e. The average molecular weight is 507 g/mol. The van der Waals surface area contributed by atoms with E-state index >= 15 is 0 Å². The fourth-order valence-corrected chi connectivity index (χ4v) is 4.28. The Morgan fingerprint density at radius 2 is 1.86 bits per heavy atom. The van der Waals surface area contributed by atoms with Crippen LogP contribution in [-0.2, 0) is 33.9 Å². The SMILES string of the molecule is Cc1cn(CCN(CC(=O)O)C(=O)CNC(=O)OCc2cccc3c2Cc2ccccc2-3)c(=O)[nH]c1=O. The molecule has 1 heterocycles. The highest BCUT2D eigenvalue weighted by atomic mass is 16.5. The number of rotatable bonds is 9. The number of alkyl carbamates (subject to hydrolysis) is 1. The molecule has 37 heavy (non-hydrogen) atoms. The van der Waals surface area contributed by atoms with E-state index in [0.29, 0.717) is 5.56 Å². The summed E-state index contributed by atoms with van der Waals surface area (Å²) < 4.78 is 6.49. The number of hydrogen-bond donors (Lipinski definition) is 3. The largest absolute Gasteiger partial charge is 0.480 e. The molecule has 0 bridgehead atoms. The van der Waals surface area contributed by atoms with Crippen LogP contribution in [0.15, 0.2) is 58.3 Å². The molecule has 2 amide bonds. The molecule has 2 aromatic carbocycles. The minimum absolute atomic E-state index is 0.0184. The van der Waals surface area contributed by atoms with E-state index in [0.717, 1.165) is 33.6 Å². The molecule has 0 unspecified atom stereocenters. The van der Waals surface area contributed by atoms with Gasteiger partial charge in [0.15, 0.2) is 0 Å². The van der Waals surface area contributed by atoms with E-state index < -0.39 is 42.3 Å². The maximum absolute atomic E-state index is 12.6. The fourth-order valence-electron chi connectivity index (χ4n) is 4.28. The maximum Gasteiger partial charge on any atom is 0.407 e. The van der Waals surface area contributed by atoms with Crippen molar-refractivity contribution >= 4 is 18.0 Å². The number of hydrogen-bond acceptors (Lipinski definition) is 6. The van der Waals surface area contributed by atoms with E-state index in [1.54, 1.807) is 0 Å². The average Bonchev–Trinajstić information content (AvgIpc) is 3.25. The third kappa shape index (κ3) is 5.95. The lowest BCUT2D eigenvalue weighted by Gasteiger charge is -2.21. The Hall–Kier alpha value is -4.67. The van der Waals surface area contributed by atoms with Crippen molar-refractivity contribution in [2.24, 2.45) is 0 Å². The number of aryl methyl sites for hydroxylation is 1. The molecular formula is C26H26N4O7. The van der Waals surface area contributed by atoms with Crippen LogP contribution >= 0.6 is 0 Å². The molecule has 11 nitrogen and oxygen atoms in total. The van der Waals surface area contributed by atoms with Crippen LogP contribution in [0.25, 0.3) is 11.1 Å². The number of aliphatic carboxylic acids is 1. The topological polar surface area (TPSA) is 151 Å². The van der Waals surface area contributed by atoms with Crippen molar-refractivity contribution in [3.63, 3.8) is 0 Å². The van der Waals surface area contributed by atoms with Gasteiger partial charge in [-0.15, -0.1) is 0 Å². The van der Waals surface area contributed by atoms with Crippen LogP contribution in [0.2, 0.25) is 0 Å². The van der Waals surface area contributed by atoms with Gasteiger partial charge >= 0.3 is 17.8 Å². The molecule has 1 aliphatic carbocycles. The summed E-state index contributed by atoms with van der Waals surface area (Å²) in [4.78, 5) is 62.7. The lowest BCUT2D eigenvalue weighted by Crippen LogP contribution is -2.45.